The van der Waals surface area contributed by atoms with Gasteiger partial charge in [0.25, 0.3) is 0 Å². The van der Waals surface area contributed by atoms with E-state index in [1.54, 1.807) is 6.92 Å². The van der Waals surface area contributed by atoms with Crippen molar-refractivity contribution >= 4 is 17.8 Å². The second-order valence-electron chi connectivity index (χ2n) is 3.89. The molecule has 0 aliphatic heterocycles. The summed E-state index contributed by atoms with van der Waals surface area (Å²) in [5.41, 5.74) is 8.39. The van der Waals surface area contributed by atoms with Gasteiger partial charge in [0, 0.05) is 11.0 Å². The van der Waals surface area contributed by atoms with Crippen LogP contribution in [0.15, 0.2) is 5.11 Å². The number of anilines is 2. The Hall–Kier alpha value is -2.59. The predicted octanol–water partition coefficient (Wildman–Crippen LogP) is 1.71. The van der Waals surface area contributed by atoms with E-state index in [0.717, 1.165) is 12.8 Å². The Morgan fingerprint density at radius 1 is 1.44 bits per heavy atom. The molecule has 0 saturated heterocycles. The van der Waals surface area contributed by atoms with Gasteiger partial charge in [-0.05, 0) is 30.4 Å². The first-order valence-corrected chi connectivity index (χ1v) is 5.45. The Kier molecular flexibility index (Phi) is 3.41. The van der Waals surface area contributed by atoms with Crippen molar-refractivity contribution in [1.82, 2.24) is 15.0 Å². The van der Waals surface area contributed by atoms with E-state index in [-0.39, 0.29) is 11.9 Å². The molecule has 9 nitrogen and oxygen atoms in total. The predicted molar refractivity (Wildman–Crippen MR) is 64.0 cm³/mol. The van der Waals surface area contributed by atoms with Crippen LogP contribution in [0.1, 0.15) is 19.8 Å². The fourth-order valence-electron chi connectivity index (χ4n) is 1.21. The molecule has 1 aliphatic rings. The van der Waals surface area contributed by atoms with Gasteiger partial charge in [0.05, 0.1) is 6.07 Å². The number of hydrogen-bond donors (Lipinski definition) is 2. The van der Waals surface area contributed by atoms with Crippen LogP contribution in [-0.2, 0) is 0 Å². The molecule has 1 fully saturated rings. The average Bonchev–Trinajstić information content (AvgIpc) is 3.13. The quantitative estimate of drug-likeness (QED) is 0.460. The second kappa shape index (κ2) is 5.16. The minimum atomic E-state index is -0.444. The first kappa shape index (κ1) is 11.9. The fourth-order valence-corrected chi connectivity index (χ4v) is 1.21. The molecule has 2 rings (SSSR count). The molecule has 1 aliphatic carbocycles. The average molecular weight is 245 g/mol. The minimum Gasteiger partial charge on any atom is -0.351 e. The normalized spacial score (nSPS) is 15.1. The smallest absolute Gasteiger partial charge is 0.228 e. The third-order valence-electron chi connectivity index (χ3n) is 2.21. The second-order valence-corrected chi connectivity index (χ2v) is 3.89. The van der Waals surface area contributed by atoms with Crippen LogP contribution in [0, 0.1) is 11.3 Å². The van der Waals surface area contributed by atoms with Crippen LogP contribution in [0.5, 0.6) is 0 Å². The molecule has 0 bridgehead atoms. The molecule has 2 N–H and O–H groups in total. The first-order valence-electron chi connectivity index (χ1n) is 5.45. The summed E-state index contributed by atoms with van der Waals surface area (Å²) in [7, 11) is 0. The molecule has 1 aromatic rings. The fraction of sp³-hybridized carbons (Fsp3) is 0.556. The van der Waals surface area contributed by atoms with Crippen molar-refractivity contribution in [3.05, 3.63) is 10.4 Å². The van der Waals surface area contributed by atoms with Gasteiger partial charge < -0.3 is 10.6 Å². The summed E-state index contributed by atoms with van der Waals surface area (Å²) < 4.78 is 0. The maximum Gasteiger partial charge on any atom is 0.228 e. The van der Waals surface area contributed by atoms with Crippen LogP contribution in [0.2, 0.25) is 0 Å². The van der Waals surface area contributed by atoms with E-state index in [9.17, 15) is 0 Å². The van der Waals surface area contributed by atoms with E-state index in [2.05, 4.69) is 35.6 Å². The topological polar surface area (TPSA) is 135 Å². The maximum atomic E-state index is 8.71. The van der Waals surface area contributed by atoms with Crippen LogP contribution >= 0.6 is 0 Å². The van der Waals surface area contributed by atoms with E-state index in [0.29, 0.717) is 12.0 Å². The van der Waals surface area contributed by atoms with Gasteiger partial charge in [-0.3, -0.25) is 0 Å². The molecular formula is C9H11N9. The van der Waals surface area contributed by atoms with Crippen LogP contribution in [0.25, 0.3) is 10.4 Å². The molecule has 1 heterocycles. The Bertz CT molecular complexity index is 523. The first-order chi connectivity index (χ1) is 8.71. The van der Waals surface area contributed by atoms with Crippen LogP contribution in [0.4, 0.5) is 17.8 Å². The molecule has 0 amide bonds. The van der Waals surface area contributed by atoms with Gasteiger partial charge in [-0.25, -0.2) is 0 Å². The Morgan fingerprint density at radius 3 is 2.78 bits per heavy atom. The number of nitrogens with one attached hydrogen (secondary N) is 2. The zero-order chi connectivity index (χ0) is 13.0. The van der Waals surface area contributed by atoms with Crippen molar-refractivity contribution in [2.75, 3.05) is 10.6 Å². The zero-order valence-corrected chi connectivity index (χ0v) is 9.70. The summed E-state index contributed by atoms with van der Waals surface area (Å²) in [5, 5.41) is 17.9. The Labute approximate surface area is 103 Å². The molecule has 18 heavy (non-hydrogen) atoms. The molecule has 1 saturated carbocycles. The highest BCUT2D eigenvalue weighted by Crippen LogP contribution is 2.24. The monoisotopic (exact) mass is 245 g/mol. The summed E-state index contributed by atoms with van der Waals surface area (Å²) in [6.45, 7) is 1.67. The van der Waals surface area contributed by atoms with E-state index in [1.807, 2.05) is 6.07 Å². The van der Waals surface area contributed by atoms with Gasteiger partial charge in [-0.2, -0.15) is 20.2 Å². The molecule has 0 aromatic carbocycles. The number of hydrogen-bond acceptors (Lipinski definition) is 7. The number of aromatic nitrogens is 3. The molecule has 1 atom stereocenters. The number of rotatable bonds is 5. The third-order valence-corrected chi connectivity index (χ3v) is 2.21. The van der Waals surface area contributed by atoms with Crippen molar-refractivity contribution in [2.24, 2.45) is 5.11 Å². The highest BCUT2D eigenvalue weighted by Gasteiger charge is 2.22. The lowest BCUT2D eigenvalue weighted by molar-refractivity contribution is 0.933. The lowest BCUT2D eigenvalue weighted by Gasteiger charge is -2.08. The summed E-state index contributed by atoms with van der Waals surface area (Å²) in [4.78, 5) is 14.6. The van der Waals surface area contributed by atoms with Gasteiger partial charge in [0.2, 0.25) is 17.8 Å². The van der Waals surface area contributed by atoms with Gasteiger partial charge in [-0.1, -0.05) is 0 Å². The minimum absolute atomic E-state index is 0.0247. The standard InChI is InChI=1S/C9H11N9/c1-5(4-10)12-7-14-8(13-6-2-3-6)16-9(15-7)17-18-11/h5-6H,2-3H2,1H3,(H2,12,13,14,15,16). The lowest BCUT2D eigenvalue weighted by Crippen LogP contribution is -2.16. The molecule has 0 radical (unpaired) electrons. The summed E-state index contributed by atoms with van der Waals surface area (Å²) in [6.07, 6.45) is 2.14. The van der Waals surface area contributed by atoms with Gasteiger partial charge in [0.1, 0.15) is 6.04 Å². The van der Waals surface area contributed by atoms with Gasteiger partial charge >= 0.3 is 0 Å². The molecule has 9 heteroatoms. The van der Waals surface area contributed by atoms with Crippen LogP contribution in [-0.4, -0.2) is 27.0 Å². The number of nitriles is 1. The highest BCUT2D eigenvalue weighted by molar-refractivity contribution is 5.41. The SMILES string of the molecule is CC(C#N)Nc1nc(N=[N+]=[N-])nc(NC2CC2)n1. The van der Waals surface area contributed by atoms with Crippen molar-refractivity contribution in [3.8, 4) is 6.07 Å². The van der Waals surface area contributed by atoms with E-state index < -0.39 is 6.04 Å². The molecule has 92 valence electrons. The number of nitrogens with zero attached hydrogens (tertiary/aromatic N) is 7. The summed E-state index contributed by atoms with van der Waals surface area (Å²) in [5.74, 6) is 0.537. The van der Waals surface area contributed by atoms with Crippen molar-refractivity contribution < 1.29 is 0 Å². The zero-order valence-electron chi connectivity index (χ0n) is 9.70. The molecule has 0 spiro atoms. The van der Waals surface area contributed by atoms with Crippen LogP contribution < -0.4 is 10.6 Å². The summed E-state index contributed by atoms with van der Waals surface area (Å²) >= 11 is 0. The molecule has 1 unspecified atom stereocenters. The van der Waals surface area contributed by atoms with Crippen molar-refractivity contribution in [1.29, 1.82) is 5.26 Å². The Balaban J connectivity index is 2.23. The van der Waals surface area contributed by atoms with Gasteiger partial charge in [0.15, 0.2) is 0 Å². The lowest BCUT2D eigenvalue weighted by atomic mass is 10.4. The molecular weight excluding hydrogens is 234 g/mol. The number of azide groups is 1. The van der Waals surface area contributed by atoms with Gasteiger partial charge in [-0.15, -0.1) is 0 Å². The van der Waals surface area contributed by atoms with E-state index in [4.69, 9.17) is 10.8 Å². The molecule has 1 aromatic heterocycles. The van der Waals surface area contributed by atoms with Crippen molar-refractivity contribution in [2.45, 2.75) is 31.8 Å². The highest BCUT2D eigenvalue weighted by atomic mass is 15.3. The maximum absolute atomic E-state index is 8.71. The van der Waals surface area contributed by atoms with Crippen molar-refractivity contribution in [3.63, 3.8) is 0 Å². The van der Waals surface area contributed by atoms with Crippen LogP contribution in [0.3, 0.4) is 0 Å². The summed E-state index contributed by atoms with van der Waals surface area (Å²) in [6, 6.07) is 1.93. The van der Waals surface area contributed by atoms with E-state index >= 15 is 0 Å². The van der Waals surface area contributed by atoms with E-state index in [1.165, 1.54) is 0 Å². The Morgan fingerprint density at radius 2 is 2.17 bits per heavy atom. The third kappa shape index (κ3) is 3.20. The largest absolute Gasteiger partial charge is 0.351 e.